The minimum atomic E-state index is -0.702. The maximum atomic E-state index is 12.6. The molecule has 1 aliphatic heterocycles. The Morgan fingerprint density at radius 1 is 1.06 bits per heavy atom. The summed E-state index contributed by atoms with van der Waals surface area (Å²) in [5, 5.41) is 6.42. The molecule has 9 heteroatoms. The molecule has 0 saturated heterocycles. The number of benzene rings is 2. The average Bonchev–Trinajstić information content (AvgIpc) is 2.78. The summed E-state index contributed by atoms with van der Waals surface area (Å²) >= 11 is 12.0. The number of carbonyl (C=O) groups is 2. The summed E-state index contributed by atoms with van der Waals surface area (Å²) in [6.07, 6.45) is 0. The Morgan fingerprint density at radius 3 is 2.44 bits per heavy atom. The van der Waals surface area contributed by atoms with Gasteiger partial charge in [-0.3, -0.25) is 0 Å². The predicted octanol–water partition coefficient (Wildman–Crippen LogP) is 5.02. The van der Waals surface area contributed by atoms with Gasteiger partial charge in [0.25, 0.3) is 0 Å². The van der Waals surface area contributed by atoms with Crippen LogP contribution in [0.15, 0.2) is 47.7 Å². The van der Waals surface area contributed by atoms with E-state index in [-0.39, 0.29) is 12.5 Å². The molecule has 0 fully saturated rings. The van der Waals surface area contributed by atoms with E-state index in [1.54, 1.807) is 30.3 Å². The molecule has 1 aliphatic rings. The average molecular weight is 479 g/mol. The number of carbonyl (C=O) groups excluding carboxylic acids is 2. The number of ether oxygens (including phenoxy) is 3. The Bertz CT molecular complexity index is 1070. The van der Waals surface area contributed by atoms with Gasteiger partial charge in [0, 0.05) is 5.70 Å². The first kappa shape index (κ1) is 23.8. The first-order valence-corrected chi connectivity index (χ1v) is 10.6. The van der Waals surface area contributed by atoms with Crippen molar-refractivity contribution < 1.29 is 23.8 Å². The van der Waals surface area contributed by atoms with Crippen LogP contribution in [0.25, 0.3) is 0 Å². The van der Waals surface area contributed by atoms with E-state index in [0.717, 1.165) is 5.56 Å². The van der Waals surface area contributed by atoms with Crippen molar-refractivity contribution in [3.05, 3.63) is 68.8 Å². The van der Waals surface area contributed by atoms with Crippen LogP contribution in [0.4, 0.5) is 4.79 Å². The topological polar surface area (TPSA) is 85.9 Å². The number of urea groups is 1. The second-order valence-electron chi connectivity index (χ2n) is 7.45. The molecule has 0 aromatic heterocycles. The molecule has 0 spiro atoms. The minimum absolute atomic E-state index is 0.0895. The van der Waals surface area contributed by atoms with E-state index in [2.05, 4.69) is 10.6 Å². The molecule has 2 amide bonds. The van der Waals surface area contributed by atoms with Gasteiger partial charge in [-0.2, -0.15) is 0 Å². The molecule has 2 N–H and O–H groups in total. The van der Waals surface area contributed by atoms with Gasteiger partial charge in [-0.15, -0.1) is 0 Å². The van der Waals surface area contributed by atoms with Crippen LogP contribution in [0.2, 0.25) is 10.0 Å². The summed E-state index contributed by atoms with van der Waals surface area (Å²) in [4.78, 5) is 24.8. The zero-order chi connectivity index (χ0) is 23.4. The zero-order valence-electron chi connectivity index (χ0n) is 18.1. The van der Waals surface area contributed by atoms with Gasteiger partial charge in [-0.05, 0) is 41.3 Å². The molecule has 0 bridgehead atoms. The monoisotopic (exact) mass is 478 g/mol. The number of amides is 2. The third-order valence-electron chi connectivity index (χ3n) is 4.98. The number of allylic oxidation sites excluding steroid dienone is 1. The largest absolute Gasteiger partial charge is 0.493 e. The van der Waals surface area contributed by atoms with Gasteiger partial charge in [-0.25, -0.2) is 9.59 Å². The van der Waals surface area contributed by atoms with Crippen molar-refractivity contribution in [2.24, 2.45) is 5.92 Å². The molecule has 3 rings (SSSR count). The van der Waals surface area contributed by atoms with Gasteiger partial charge in [-0.1, -0.05) is 49.2 Å². The van der Waals surface area contributed by atoms with Crippen LogP contribution in [-0.4, -0.2) is 26.2 Å². The Hall–Kier alpha value is -2.90. The molecule has 0 radical (unpaired) electrons. The van der Waals surface area contributed by atoms with Gasteiger partial charge in [0.2, 0.25) is 0 Å². The molecule has 2 aromatic carbocycles. The Morgan fingerprint density at radius 2 is 1.81 bits per heavy atom. The second kappa shape index (κ2) is 10.1. The number of hydrogen-bond acceptors (Lipinski definition) is 5. The van der Waals surface area contributed by atoms with Crippen molar-refractivity contribution in [1.29, 1.82) is 0 Å². The Kier molecular flexibility index (Phi) is 7.53. The molecule has 1 heterocycles. The molecular weight excluding hydrogens is 455 g/mol. The second-order valence-corrected chi connectivity index (χ2v) is 8.27. The molecule has 1 unspecified atom stereocenters. The van der Waals surface area contributed by atoms with E-state index in [1.807, 2.05) is 19.9 Å². The van der Waals surface area contributed by atoms with E-state index in [1.165, 1.54) is 14.2 Å². The van der Waals surface area contributed by atoms with Crippen molar-refractivity contribution in [2.75, 3.05) is 14.2 Å². The Labute approximate surface area is 196 Å². The fraction of sp³-hybridized carbons (Fsp3) is 0.304. The predicted molar refractivity (Wildman–Crippen MR) is 122 cm³/mol. The van der Waals surface area contributed by atoms with Crippen LogP contribution < -0.4 is 20.1 Å². The molecule has 2 aromatic rings. The lowest BCUT2D eigenvalue weighted by atomic mass is 9.91. The lowest BCUT2D eigenvalue weighted by molar-refractivity contribution is -0.136. The summed E-state index contributed by atoms with van der Waals surface area (Å²) in [5.74, 6) is 0.333. The molecule has 7 nitrogen and oxygen atoms in total. The van der Waals surface area contributed by atoms with E-state index in [0.29, 0.717) is 38.4 Å². The molecule has 32 heavy (non-hydrogen) atoms. The minimum Gasteiger partial charge on any atom is -0.493 e. The van der Waals surface area contributed by atoms with E-state index in [4.69, 9.17) is 37.4 Å². The maximum Gasteiger partial charge on any atom is 0.337 e. The van der Waals surface area contributed by atoms with Gasteiger partial charge < -0.3 is 24.8 Å². The zero-order valence-corrected chi connectivity index (χ0v) is 19.6. The standard InChI is InChI=1S/C23H24Cl2N2O5/c1-12(2)20-19(22(28)31-4)21(27-23(29)26-20)14-6-8-17(18(10-14)30-3)32-11-13-5-7-15(24)16(25)9-13/h5-10,12,21H,11H2,1-4H3,(H2,26,27,29). The van der Waals surface area contributed by atoms with Gasteiger partial charge in [0.1, 0.15) is 6.61 Å². The smallest absolute Gasteiger partial charge is 0.337 e. The number of esters is 1. The fourth-order valence-corrected chi connectivity index (χ4v) is 3.72. The van der Waals surface area contributed by atoms with Crippen molar-refractivity contribution in [2.45, 2.75) is 26.5 Å². The highest BCUT2D eigenvalue weighted by atomic mass is 35.5. The third-order valence-corrected chi connectivity index (χ3v) is 5.72. The highest BCUT2D eigenvalue weighted by Crippen LogP contribution is 2.36. The first-order valence-electron chi connectivity index (χ1n) is 9.89. The first-order chi connectivity index (χ1) is 15.2. The van der Waals surface area contributed by atoms with Crippen molar-refractivity contribution in [1.82, 2.24) is 10.6 Å². The number of rotatable bonds is 7. The van der Waals surface area contributed by atoms with Crippen LogP contribution in [0.5, 0.6) is 11.5 Å². The summed E-state index contributed by atoms with van der Waals surface area (Å²) in [6, 6.07) is 9.37. The SMILES string of the molecule is COC(=O)C1=C(C(C)C)NC(=O)NC1c1ccc(OCc2ccc(Cl)c(Cl)c2)c(OC)c1. The van der Waals surface area contributed by atoms with Gasteiger partial charge in [0.05, 0.1) is 35.9 Å². The number of methoxy groups -OCH3 is 2. The van der Waals surface area contributed by atoms with Gasteiger partial charge in [0.15, 0.2) is 11.5 Å². The highest BCUT2D eigenvalue weighted by molar-refractivity contribution is 6.42. The summed E-state index contributed by atoms with van der Waals surface area (Å²) < 4.78 is 16.4. The van der Waals surface area contributed by atoms with E-state index < -0.39 is 18.0 Å². The lowest BCUT2D eigenvalue weighted by Crippen LogP contribution is -2.47. The third kappa shape index (κ3) is 5.11. The molecule has 0 saturated carbocycles. The quantitative estimate of drug-likeness (QED) is 0.545. The summed E-state index contributed by atoms with van der Waals surface area (Å²) in [5.41, 5.74) is 2.35. The lowest BCUT2D eigenvalue weighted by Gasteiger charge is -2.31. The van der Waals surface area contributed by atoms with Crippen LogP contribution in [-0.2, 0) is 16.1 Å². The van der Waals surface area contributed by atoms with E-state index in [9.17, 15) is 9.59 Å². The normalized spacial score (nSPS) is 15.8. The molecule has 0 aliphatic carbocycles. The number of nitrogens with one attached hydrogen (secondary N) is 2. The van der Waals surface area contributed by atoms with Crippen LogP contribution >= 0.6 is 23.2 Å². The number of halogens is 2. The van der Waals surface area contributed by atoms with Crippen LogP contribution in [0.1, 0.15) is 31.0 Å². The van der Waals surface area contributed by atoms with Crippen molar-refractivity contribution in [3.63, 3.8) is 0 Å². The Balaban J connectivity index is 1.92. The van der Waals surface area contributed by atoms with Crippen molar-refractivity contribution in [3.8, 4) is 11.5 Å². The van der Waals surface area contributed by atoms with Crippen molar-refractivity contribution >= 4 is 35.2 Å². The molecular formula is C23H24Cl2N2O5. The maximum absolute atomic E-state index is 12.6. The number of hydrogen-bond donors (Lipinski definition) is 2. The molecule has 170 valence electrons. The fourth-order valence-electron chi connectivity index (χ4n) is 3.40. The van der Waals surface area contributed by atoms with Crippen LogP contribution in [0.3, 0.4) is 0 Å². The summed E-state index contributed by atoms with van der Waals surface area (Å²) in [7, 11) is 2.82. The van der Waals surface area contributed by atoms with E-state index >= 15 is 0 Å². The van der Waals surface area contributed by atoms with Gasteiger partial charge >= 0.3 is 12.0 Å². The molecule has 1 atom stereocenters. The summed E-state index contributed by atoms with van der Waals surface area (Å²) in [6.45, 7) is 4.03. The van der Waals surface area contributed by atoms with Crippen LogP contribution in [0, 0.1) is 5.92 Å². The highest BCUT2D eigenvalue weighted by Gasteiger charge is 2.34.